The third kappa shape index (κ3) is 3.98. The van der Waals surface area contributed by atoms with E-state index in [-0.39, 0.29) is 6.04 Å². The van der Waals surface area contributed by atoms with Crippen LogP contribution in [0.3, 0.4) is 0 Å². The summed E-state index contributed by atoms with van der Waals surface area (Å²) in [5.41, 5.74) is 0.205. The topological polar surface area (TPSA) is 15.3 Å². The second-order valence-corrected chi connectivity index (χ2v) is 6.16. The summed E-state index contributed by atoms with van der Waals surface area (Å²) in [4.78, 5) is 2.15. The number of rotatable bonds is 4. The van der Waals surface area contributed by atoms with Crippen LogP contribution in [0.4, 0.5) is 13.2 Å². The van der Waals surface area contributed by atoms with Crippen molar-refractivity contribution in [2.24, 2.45) is 5.92 Å². The molecule has 1 aliphatic rings. The molecular formula is C16H23F3N2. The Hall–Kier alpha value is -1.07. The van der Waals surface area contributed by atoms with Gasteiger partial charge in [-0.05, 0) is 43.6 Å². The Kier molecular flexibility index (Phi) is 4.94. The second-order valence-electron chi connectivity index (χ2n) is 6.16. The van der Waals surface area contributed by atoms with Gasteiger partial charge in [0.1, 0.15) is 0 Å². The van der Waals surface area contributed by atoms with E-state index in [4.69, 9.17) is 0 Å². The van der Waals surface area contributed by atoms with Crippen molar-refractivity contribution in [3.05, 3.63) is 35.4 Å². The Balaban J connectivity index is 2.21. The number of benzene rings is 1. The maximum absolute atomic E-state index is 12.9. The molecular weight excluding hydrogens is 277 g/mol. The van der Waals surface area contributed by atoms with Gasteiger partial charge in [-0.3, -0.25) is 4.90 Å². The van der Waals surface area contributed by atoms with Crippen molar-refractivity contribution in [3.8, 4) is 0 Å². The first-order valence-corrected chi connectivity index (χ1v) is 7.40. The Labute approximate surface area is 124 Å². The van der Waals surface area contributed by atoms with Crippen molar-refractivity contribution in [1.29, 1.82) is 0 Å². The number of alkyl halides is 3. The van der Waals surface area contributed by atoms with E-state index in [2.05, 4.69) is 24.1 Å². The van der Waals surface area contributed by atoms with Crippen LogP contribution in [-0.4, -0.2) is 31.1 Å². The quantitative estimate of drug-likeness (QED) is 0.912. The molecule has 0 spiro atoms. The average molecular weight is 300 g/mol. The smallest absolute Gasteiger partial charge is 0.314 e. The van der Waals surface area contributed by atoms with E-state index in [0.29, 0.717) is 12.0 Å². The summed E-state index contributed by atoms with van der Waals surface area (Å²) in [6, 6.07) is 6.20. The molecule has 1 aromatic rings. The average Bonchev–Trinajstić information content (AvgIpc) is 2.76. The van der Waals surface area contributed by atoms with Gasteiger partial charge in [0, 0.05) is 18.6 Å². The lowest BCUT2D eigenvalue weighted by Gasteiger charge is -2.27. The third-order valence-corrected chi connectivity index (χ3v) is 4.12. The van der Waals surface area contributed by atoms with Gasteiger partial charge in [0.25, 0.3) is 0 Å². The molecule has 0 saturated carbocycles. The summed E-state index contributed by atoms with van der Waals surface area (Å²) in [5, 5.41) is 3.40. The highest BCUT2D eigenvalue weighted by molar-refractivity contribution is 5.29. The fraction of sp³-hybridized carbons (Fsp3) is 0.625. The van der Waals surface area contributed by atoms with Crippen LogP contribution >= 0.6 is 0 Å². The fourth-order valence-electron chi connectivity index (χ4n) is 3.05. The molecule has 1 aliphatic heterocycles. The largest absolute Gasteiger partial charge is 0.416 e. The van der Waals surface area contributed by atoms with Gasteiger partial charge in [0.05, 0.1) is 5.56 Å². The lowest BCUT2D eigenvalue weighted by Crippen LogP contribution is -2.32. The number of halogens is 3. The summed E-state index contributed by atoms with van der Waals surface area (Å²) in [6.07, 6.45) is -3.27. The van der Waals surface area contributed by atoms with Crippen LogP contribution in [0.1, 0.15) is 37.4 Å². The lowest BCUT2D eigenvalue weighted by atomic mass is 9.92. The minimum atomic E-state index is -4.28. The van der Waals surface area contributed by atoms with E-state index in [0.717, 1.165) is 31.1 Å². The van der Waals surface area contributed by atoms with Crippen LogP contribution in [0, 0.1) is 5.92 Å². The van der Waals surface area contributed by atoms with Gasteiger partial charge in [0.15, 0.2) is 0 Å². The van der Waals surface area contributed by atoms with Crippen molar-refractivity contribution in [3.63, 3.8) is 0 Å². The predicted molar refractivity (Wildman–Crippen MR) is 78.1 cm³/mol. The molecule has 1 aromatic carbocycles. The maximum atomic E-state index is 12.9. The highest BCUT2D eigenvalue weighted by Crippen LogP contribution is 2.38. The molecule has 2 unspecified atom stereocenters. The van der Waals surface area contributed by atoms with Crippen LogP contribution in [0.2, 0.25) is 0 Å². The van der Waals surface area contributed by atoms with Gasteiger partial charge in [-0.2, -0.15) is 13.2 Å². The summed E-state index contributed by atoms with van der Waals surface area (Å²) in [7, 11) is 1.99. The minimum Gasteiger partial charge on any atom is -0.314 e. The zero-order chi connectivity index (χ0) is 15.6. The van der Waals surface area contributed by atoms with Gasteiger partial charge in [-0.1, -0.05) is 26.0 Å². The molecule has 1 fully saturated rings. The van der Waals surface area contributed by atoms with Gasteiger partial charge < -0.3 is 5.32 Å². The fourth-order valence-corrected chi connectivity index (χ4v) is 3.05. The van der Waals surface area contributed by atoms with E-state index >= 15 is 0 Å². The predicted octanol–water partition coefficient (Wildman–Crippen LogP) is 3.70. The van der Waals surface area contributed by atoms with Gasteiger partial charge in [-0.25, -0.2) is 0 Å². The van der Waals surface area contributed by atoms with Gasteiger partial charge in [-0.15, -0.1) is 0 Å². The molecule has 0 bridgehead atoms. The molecule has 2 rings (SSSR count). The summed E-state index contributed by atoms with van der Waals surface area (Å²) >= 11 is 0. The van der Waals surface area contributed by atoms with Crippen molar-refractivity contribution >= 4 is 0 Å². The molecule has 1 saturated heterocycles. The first-order valence-electron chi connectivity index (χ1n) is 7.40. The second kappa shape index (κ2) is 6.36. The maximum Gasteiger partial charge on any atom is 0.416 e. The van der Waals surface area contributed by atoms with Crippen LogP contribution < -0.4 is 5.32 Å². The zero-order valence-electron chi connectivity index (χ0n) is 12.7. The highest BCUT2D eigenvalue weighted by Gasteiger charge is 2.35. The molecule has 0 aliphatic carbocycles. The monoisotopic (exact) mass is 300 g/mol. The minimum absolute atomic E-state index is 0.0542. The summed E-state index contributed by atoms with van der Waals surface area (Å²) in [5.74, 6) is 0.348. The lowest BCUT2D eigenvalue weighted by molar-refractivity contribution is -0.137. The van der Waals surface area contributed by atoms with Crippen molar-refractivity contribution in [2.75, 3.05) is 20.1 Å². The number of likely N-dealkylation sites (tertiary alicyclic amines) is 1. The molecule has 21 heavy (non-hydrogen) atoms. The van der Waals surface area contributed by atoms with E-state index in [9.17, 15) is 13.2 Å². The molecule has 1 heterocycles. The van der Waals surface area contributed by atoms with Crippen LogP contribution in [0.5, 0.6) is 0 Å². The third-order valence-electron chi connectivity index (χ3n) is 4.12. The molecule has 2 atom stereocenters. The molecule has 0 aromatic heterocycles. The number of hydrogen-bond acceptors (Lipinski definition) is 2. The zero-order valence-corrected chi connectivity index (χ0v) is 12.7. The normalized spacial score (nSPS) is 24.0. The Bertz CT molecular complexity index is 471. The number of nitrogens with zero attached hydrogens (tertiary/aromatic N) is 1. The molecule has 2 nitrogen and oxygen atoms in total. The molecule has 0 radical (unpaired) electrons. The highest BCUT2D eigenvalue weighted by atomic mass is 19.4. The molecule has 118 valence electrons. The van der Waals surface area contributed by atoms with Gasteiger partial charge in [0.2, 0.25) is 0 Å². The van der Waals surface area contributed by atoms with Crippen molar-refractivity contribution < 1.29 is 13.2 Å². The van der Waals surface area contributed by atoms with E-state index in [1.54, 1.807) is 0 Å². The van der Waals surface area contributed by atoms with E-state index in [1.807, 2.05) is 13.1 Å². The van der Waals surface area contributed by atoms with Crippen LogP contribution in [0.25, 0.3) is 0 Å². The Morgan fingerprint density at radius 3 is 2.67 bits per heavy atom. The van der Waals surface area contributed by atoms with Crippen LogP contribution in [-0.2, 0) is 6.18 Å². The standard InChI is InChI=1S/C16H23F3N2/c1-11(2)20-10-13-7-8-21(3)15(13)12-5-4-6-14(9-12)16(17,18)19/h4-6,9,11,13,15,20H,7-8,10H2,1-3H3. The molecule has 0 amide bonds. The Morgan fingerprint density at radius 1 is 1.33 bits per heavy atom. The number of nitrogens with one attached hydrogen (secondary N) is 1. The first-order chi connectivity index (χ1) is 9.79. The number of hydrogen-bond donors (Lipinski definition) is 1. The SMILES string of the molecule is CC(C)NCC1CCN(C)C1c1cccc(C(F)(F)F)c1. The van der Waals surface area contributed by atoms with Crippen molar-refractivity contribution in [1.82, 2.24) is 10.2 Å². The summed E-state index contributed by atoms with van der Waals surface area (Å²) < 4.78 is 38.6. The van der Waals surface area contributed by atoms with E-state index in [1.165, 1.54) is 12.1 Å². The summed E-state index contributed by atoms with van der Waals surface area (Å²) in [6.45, 7) is 5.92. The van der Waals surface area contributed by atoms with Crippen molar-refractivity contribution in [2.45, 2.75) is 38.5 Å². The Morgan fingerprint density at radius 2 is 2.05 bits per heavy atom. The molecule has 1 N–H and O–H groups in total. The van der Waals surface area contributed by atoms with Crippen LogP contribution in [0.15, 0.2) is 24.3 Å². The van der Waals surface area contributed by atoms with Gasteiger partial charge >= 0.3 is 6.18 Å². The first kappa shape index (κ1) is 16.3. The molecule has 5 heteroatoms. The van der Waals surface area contributed by atoms with E-state index < -0.39 is 11.7 Å².